The minimum atomic E-state index is -0.329. The number of para-hydroxylation sites is 2. The molecule has 5 nitrogen and oxygen atoms in total. The Morgan fingerprint density at radius 1 is 1.13 bits per heavy atom. The van der Waals surface area contributed by atoms with Crippen LogP contribution in [0.5, 0.6) is 0 Å². The van der Waals surface area contributed by atoms with Crippen molar-refractivity contribution >= 4 is 34.8 Å². The molecule has 1 amide bonds. The molecule has 1 aliphatic rings. The average Bonchev–Trinajstić information content (AvgIpc) is 2.96. The monoisotopic (exact) mass is 327 g/mol. The number of rotatable bonds is 4. The Hall–Kier alpha value is -2.60. The summed E-state index contributed by atoms with van der Waals surface area (Å²) in [4.78, 5) is 13.6. The van der Waals surface area contributed by atoms with Gasteiger partial charge >= 0.3 is 6.09 Å². The summed E-state index contributed by atoms with van der Waals surface area (Å²) in [5, 5.41) is 6.67. The molecule has 0 spiro atoms. The number of ether oxygens (including phenoxy) is 1. The second-order valence-corrected chi connectivity index (χ2v) is 5.56. The molecule has 23 heavy (non-hydrogen) atoms. The molecule has 1 atom stereocenters. The number of hydrogen-bond donors (Lipinski definition) is 2. The molecule has 1 heterocycles. The van der Waals surface area contributed by atoms with E-state index in [0.717, 1.165) is 11.4 Å². The summed E-state index contributed by atoms with van der Waals surface area (Å²) < 4.78 is 5.37. The van der Waals surface area contributed by atoms with Crippen molar-refractivity contribution in [2.75, 3.05) is 23.3 Å². The molecule has 0 saturated carbocycles. The van der Waals surface area contributed by atoms with Crippen LogP contribution in [0.4, 0.5) is 16.2 Å². The molecular weight excluding hydrogens is 310 g/mol. The highest BCUT2D eigenvalue weighted by Gasteiger charge is 2.32. The number of cyclic esters (lactones) is 1. The number of hydrogen-bond acceptors (Lipinski definition) is 3. The van der Waals surface area contributed by atoms with Gasteiger partial charge in [0.15, 0.2) is 5.11 Å². The van der Waals surface area contributed by atoms with Crippen molar-refractivity contribution in [2.24, 2.45) is 0 Å². The summed E-state index contributed by atoms with van der Waals surface area (Å²) in [6.45, 7) is 0.970. The van der Waals surface area contributed by atoms with Gasteiger partial charge in [-0.3, -0.25) is 4.90 Å². The van der Waals surface area contributed by atoms with Gasteiger partial charge in [0.2, 0.25) is 0 Å². The zero-order chi connectivity index (χ0) is 16.1. The minimum Gasteiger partial charge on any atom is -0.442 e. The summed E-state index contributed by atoms with van der Waals surface area (Å²) >= 11 is 5.25. The lowest BCUT2D eigenvalue weighted by Gasteiger charge is -2.14. The third kappa shape index (κ3) is 3.98. The Labute approximate surface area is 140 Å². The number of benzene rings is 2. The van der Waals surface area contributed by atoms with Crippen molar-refractivity contribution in [3.05, 3.63) is 60.7 Å². The van der Waals surface area contributed by atoms with E-state index in [0.29, 0.717) is 18.2 Å². The van der Waals surface area contributed by atoms with Crippen LogP contribution < -0.4 is 15.5 Å². The van der Waals surface area contributed by atoms with Crippen LogP contribution in [-0.4, -0.2) is 30.4 Å². The fourth-order valence-corrected chi connectivity index (χ4v) is 2.55. The highest BCUT2D eigenvalue weighted by molar-refractivity contribution is 7.80. The van der Waals surface area contributed by atoms with Gasteiger partial charge in [-0.05, 0) is 36.5 Å². The van der Waals surface area contributed by atoms with Gasteiger partial charge < -0.3 is 15.4 Å². The van der Waals surface area contributed by atoms with E-state index in [2.05, 4.69) is 10.6 Å². The quantitative estimate of drug-likeness (QED) is 0.846. The Morgan fingerprint density at radius 2 is 1.78 bits per heavy atom. The number of carbonyl (C=O) groups excluding carboxylic acids is 1. The number of carbonyl (C=O) groups is 1. The zero-order valence-corrected chi connectivity index (χ0v) is 13.3. The van der Waals surface area contributed by atoms with Crippen LogP contribution in [0.15, 0.2) is 60.7 Å². The van der Waals surface area contributed by atoms with Crippen LogP contribution in [0.2, 0.25) is 0 Å². The molecule has 0 radical (unpaired) electrons. The first kappa shape index (κ1) is 15.3. The van der Waals surface area contributed by atoms with E-state index in [1.165, 1.54) is 0 Å². The molecule has 0 unspecified atom stereocenters. The maximum Gasteiger partial charge on any atom is 0.414 e. The third-order valence-corrected chi connectivity index (χ3v) is 3.71. The van der Waals surface area contributed by atoms with E-state index in [4.69, 9.17) is 17.0 Å². The van der Waals surface area contributed by atoms with Gasteiger partial charge in [0, 0.05) is 11.4 Å². The molecule has 1 saturated heterocycles. The predicted octanol–water partition coefficient (Wildman–Crippen LogP) is 3.00. The van der Waals surface area contributed by atoms with Crippen LogP contribution in [0, 0.1) is 0 Å². The van der Waals surface area contributed by atoms with Gasteiger partial charge in [0.1, 0.15) is 6.10 Å². The van der Waals surface area contributed by atoms with Crippen LogP contribution in [0.25, 0.3) is 0 Å². The van der Waals surface area contributed by atoms with E-state index in [-0.39, 0.29) is 12.2 Å². The number of nitrogens with one attached hydrogen (secondary N) is 2. The topological polar surface area (TPSA) is 53.6 Å². The number of thiocarbonyl (C=S) groups is 1. The summed E-state index contributed by atoms with van der Waals surface area (Å²) in [5.41, 5.74) is 1.75. The van der Waals surface area contributed by atoms with Gasteiger partial charge in [0.25, 0.3) is 0 Å². The van der Waals surface area contributed by atoms with E-state index in [9.17, 15) is 4.79 Å². The second kappa shape index (κ2) is 7.11. The summed E-state index contributed by atoms with van der Waals surface area (Å²) in [6, 6.07) is 19.2. The summed E-state index contributed by atoms with van der Waals surface area (Å²) in [5.74, 6) is 0. The Kier molecular flexibility index (Phi) is 4.73. The van der Waals surface area contributed by atoms with Crippen LogP contribution in [0.1, 0.15) is 0 Å². The van der Waals surface area contributed by atoms with Crippen molar-refractivity contribution in [3.63, 3.8) is 0 Å². The lowest BCUT2D eigenvalue weighted by Crippen LogP contribution is -2.36. The zero-order valence-electron chi connectivity index (χ0n) is 12.4. The van der Waals surface area contributed by atoms with Gasteiger partial charge in [-0.25, -0.2) is 4.79 Å². The summed E-state index contributed by atoms with van der Waals surface area (Å²) in [6.07, 6.45) is -0.567. The lowest BCUT2D eigenvalue weighted by atomic mass is 10.3. The Bertz CT molecular complexity index is 679. The van der Waals surface area contributed by atoms with Gasteiger partial charge in [-0.2, -0.15) is 0 Å². The highest BCUT2D eigenvalue weighted by Crippen LogP contribution is 2.20. The average molecular weight is 327 g/mol. The Morgan fingerprint density at radius 3 is 2.48 bits per heavy atom. The molecule has 118 valence electrons. The lowest BCUT2D eigenvalue weighted by molar-refractivity contribution is 0.143. The molecular formula is C17H17N3O2S. The Balaban J connectivity index is 1.50. The van der Waals surface area contributed by atoms with Crippen molar-refractivity contribution in [1.29, 1.82) is 0 Å². The fourth-order valence-electron chi connectivity index (χ4n) is 2.35. The number of nitrogens with zero attached hydrogens (tertiary/aromatic N) is 1. The fraction of sp³-hybridized carbons (Fsp3) is 0.176. The molecule has 0 aliphatic carbocycles. The highest BCUT2D eigenvalue weighted by atomic mass is 32.1. The molecule has 0 aromatic heterocycles. The molecule has 1 aliphatic heterocycles. The van der Waals surface area contributed by atoms with Crippen molar-refractivity contribution in [2.45, 2.75) is 6.10 Å². The van der Waals surface area contributed by atoms with Gasteiger partial charge in [-0.15, -0.1) is 0 Å². The molecule has 2 aromatic carbocycles. The minimum absolute atomic E-state index is 0.238. The molecule has 3 rings (SSSR count). The molecule has 6 heteroatoms. The van der Waals surface area contributed by atoms with Crippen molar-refractivity contribution < 1.29 is 9.53 Å². The summed E-state index contributed by atoms with van der Waals surface area (Å²) in [7, 11) is 0. The molecule has 0 bridgehead atoms. The normalized spacial score (nSPS) is 16.8. The number of amides is 1. The molecule has 1 fully saturated rings. The largest absolute Gasteiger partial charge is 0.442 e. The van der Waals surface area contributed by atoms with Crippen LogP contribution in [0.3, 0.4) is 0 Å². The van der Waals surface area contributed by atoms with E-state index in [1.54, 1.807) is 4.90 Å². The number of anilines is 2. The standard InChI is InChI=1S/C17H17N3O2S/c21-17-20(14-9-5-2-6-10-14)12-15(22-17)11-18-16(23)19-13-7-3-1-4-8-13/h1-10,15H,11-12H2,(H2,18,19,23)/t15-/m0/s1. The van der Waals surface area contributed by atoms with Crippen LogP contribution >= 0.6 is 12.2 Å². The van der Waals surface area contributed by atoms with Gasteiger partial charge in [0.05, 0.1) is 13.1 Å². The van der Waals surface area contributed by atoms with Crippen molar-refractivity contribution in [3.8, 4) is 0 Å². The maximum atomic E-state index is 11.9. The second-order valence-electron chi connectivity index (χ2n) is 5.15. The van der Waals surface area contributed by atoms with E-state index in [1.807, 2.05) is 60.7 Å². The van der Waals surface area contributed by atoms with E-state index >= 15 is 0 Å². The first-order valence-corrected chi connectivity index (χ1v) is 7.76. The van der Waals surface area contributed by atoms with Gasteiger partial charge in [-0.1, -0.05) is 36.4 Å². The van der Waals surface area contributed by atoms with Crippen molar-refractivity contribution in [1.82, 2.24) is 5.32 Å². The molecule has 2 aromatic rings. The van der Waals surface area contributed by atoms with E-state index < -0.39 is 0 Å². The first-order chi connectivity index (χ1) is 11.2. The maximum absolute atomic E-state index is 11.9. The first-order valence-electron chi connectivity index (χ1n) is 7.35. The smallest absolute Gasteiger partial charge is 0.414 e. The van der Waals surface area contributed by atoms with Crippen LogP contribution in [-0.2, 0) is 4.74 Å². The SMILES string of the molecule is O=C1O[C@@H](CNC(=S)Nc2ccccc2)CN1c1ccccc1. The predicted molar refractivity (Wildman–Crippen MR) is 94.7 cm³/mol. The molecule has 2 N–H and O–H groups in total. The third-order valence-electron chi connectivity index (χ3n) is 3.46.